The summed E-state index contributed by atoms with van der Waals surface area (Å²) in [6.07, 6.45) is -0.850. The smallest absolute Gasteiger partial charge is 0.411 e. The van der Waals surface area contributed by atoms with Gasteiger partial charge in [-0.3, -0.25) is 4.90 Å². The van der Waals surface area contributed by atoms with Crippen LogP contribution in [-0.4, -0.2) is 34.7 Å². The van der Waals surface area contributed by atoms with Crippen molar-refractivity contribution in [3.63, 3.8) is 0 Å². The lowest BCUT2D eigenvalue weighted by Gasteiger charge is -2.36. The van der Waals surface area contributed by atoms with Crippen LogP contribution in [0.25, 0.3) is 0 Å². The predicted octanol–water partition coefficient (Wildman–Crippen LogP) is 3.75. The number of rotatable bonds is 3. The number of ether oxygens (including phenoxy) is 1. The largest absolute Gasteiger partial charge is 0.479 e. The van der Waals surface area contributed by atoms with Crippen molar-refractivity contribution in [2.24, 2.45) is 0 Å². The van der Waals surface area contributed by atoms with Gasteiger partial charge in [0.15, 0.2) is 5.54 Å². The number of carboxylic acids is 1. The lowest BCUT2D eigenvalue weighted by Crippen LogP contribution is -2.52. The van der Waals surface area contributed by atoms with Gasteiger partial charge in [0.2, 0.25) is 0 Å². The standard InChI is InChI=1S/C15H19BrFNO4/c1-14(2,3)22-13(21)18(5)15(4,12(19)20)10-8-9(16)6-7-11(10)17/h6-8H,1-5H3,(H,19,20). The van der Waals surface area contributed by atoms with Crippen LogP contribution in [0.1, 0.15) is 33.3 Å². The maximum absolute atomic E-state index is 14.1. The van der Waals surface area contributed by atoms with Crippen molar-refractivity contribution in [1.82, 2.24) is 4.90 Å². The summed E-state index contributed by atoms with van der Waals surface area (Å²) in [7, 11) is 1.27. The number of carbonyl (C=O) groups excluding carboxylic acids is 1. The van der Waals surface area contributed by atoms with Gasteiger partial charge in [-0.15, -0.1) is 0 Å². The van der Waals surface area contributed by atoms with E-state index in [1.54, 1.807) is 20.8 Å². The Morgan fingerprint density at radius 2 is 1.82 bits per heavy atom. The van der Waals surface area contributed by atoms with Gasteiger partial charge in [-0.05, 0) is 45.9 Å². The molecule has 1 amide bonds. The number of likely N-dealkylation sites (N-methyl/N-ethyl adjacent to an activating group) is 1. The van der Waals surface area contributed by atoms with Gasteiger partial charge in [-0.2, -0.15) is 0 Å². The molecule has 22 heavy (non-hydrogen) atoms. The van der Waals surface area contributed by atoms with Crippen molar-refractivity contribution in [3.05, 3.63) is 34.1 Å². The first-order chi connectivity index (χ1) is 9.89. The number of halogens is 2. The van der Waals surface area contributed by atoms with Crippen LogP contribution in [0.2, 0.25) is 0 Å². The summed E-state index contributed by atoms with van der Waals surface area (Å²) < 4.78 is 19.8. The minimum absolute atomic E-state index is 0.136. The van der Waals surface area contributed by atoms with Crippen LogP contribution < -0.4 is 0 Å². The average Bonchev–Trinajstić information content (AvgIpc) is 2.37. The molecule has 0 heterocycles. The van der Waals surface area contributed by atoms with Crippen LogP contribution >= 0.6 is 15.9 Å². The average molecular weight is 376 g/mol. The summed E-state index contributed by atoms with van der Waals surface area (Å²) in [6.45, 7) is 6.24. The van der Waals surface area contributed by atoms with E-state index in [2.05, 4.69) is 15.9 Å². The van der Waals surface area contributed by atoms with E-state index >= 15 is 0 Å². The SMILES string of the molecule is CN(C(=O)OC(C)(C)C)C(C)(C(=O)O)c1cc(Br)ccc1F. The fourth-order valence-corrected chi connectivity index (χ4v) is 2.18. The Morgan fingerprint density at radius 3 is 2.27 bits per heavy atom. The zero-order valence-corrected chi connectivity index (χ0v) is 14.7. The van der Waals surface area contributed by atoms with E-state index in [0.717, 1.165) is 11.0 Å². The van der Waals surface area contributed by atoms with Crippen molar-refractivity contribution < 1.29 is 23.8 Å². The molecule has 0 radical (unpaired) electrons. The van der Waals surface area contributed by atoms with E-state index in [0.29, 0.717) is 4.47 Å². The Kier molecular flexibility index (Phi) is 5.22. The Balaban J connectivity index is 3.35. The third-order valence-electron chi connectivity index (χ3n) is 3.21. The number of amides is 1. The molecule has 0 aliphatic heterocycles. The van der Waals surface area contributed by atoms with Gasteiger partial charge in [0.25, 0.3) is 0 Å². The second-order valence-corrected chi connectivity index (χ2v) is 6.96. The van der Waals surface area contributed by atoms with Crippen LogP contribution in [0, 0.1) is 5.82 Å². The first-order valence-electron chi connectivity index (χ1n) is 6.55. The first kappa shape index (κ1) is 18.4. The molecule has 0 saturated heterocycles. The quantitative estimate of drug-likeness (QED) is 0.873. The normalized spacial score (nSPS) is 14.1. The number of hydrogen-bond acceptors (Lipinski definition) is 3. The Bertz CT molecular complexity index is 600. The summed E-state index contributed by atoms with van der Waals surface area (Å²) in [4.78, 5) is 24.8. The van der Waals surface area contributed by atoms with Crippen molar-refractivity contribution in [1.29, 1.82) is 0 Å². The van der Waals surface area contributed by atoms with Crippen LogP contribution in [-0.2, 0) is 15.1 Å². The van der Waals surface area contributed by atoms with Crippen molar-refractivity contribution in [2.75, 3.05) is 7.05 Å². The van der Waals surface area contributed by atoms with Gasteiger partial charge >= 0.3 is 12.1 Å². The Morgan fingerprint density at radius 1 is 1.27 bits per heavy atom. The second kappa shape index (κ2) is 6.24. The molecule has 5 nitrogen and oxygen atoms in total. The number of hydrogen-bond donors (Lipinski definition) is 1. The van der Waals surface area contributed by atoms with Crippen LogP contribution in [0.3, 0.4) is 0 Å². The van der Waals surface area contributed by atoms with E-state index in [1.807, 2.05) is 0 Å². The molecule has 122 valence electrons. The molecular weight excluding hydrogens is 357 g/mol. The molecule has 0 aliphatic rings. The molecule has 0 saturated carbocycles. The number of benzene rings is 1. The van der Waals surface area contributed by atoms with Gasteiger partial charge in [-0.1, -0.05) is 15.9 Å². The summed E-state index contributed by atoms with van der Waals surface area (Å²) >= 11 is 3.18. The van der Waals surface area contributed by atoms with Crippen LogP contribution in [0.5, 0.6) is 0 Å². The molecule has 1 rings (SSSR count). The monoisotopic (exact) mass is 375 g/mol. The third kappa shape index (κ3) is 3.76. The molecule has 0 aliphatic carbocycles. The minimum Gasteiger partial charge on any atom is -0.479 e. The summed E-state index contributed by atoms with van der Waals surface area (Å²) in [5.74, 6) is -2.08. The van der Waals surface area contributed by atoms with Crippen molar-refractivity contribution in [2.45, 2.75) is 38.8 Å². The number of aliphatic carboxylic acids is 1. The molecule has 0 aromatic heterocycles. The van der Waals surface area contributed by atoms with Gasteiger partial charge in [0, 0.05) is 17.1 Å². The lowest BCUT2D eigenvalue weighted by atomic mass is 9.90. The Labute approximate surface area is 137 Å². The molecule has 1 atom stereocenters. The molecule has 7 heteroatoms. The molecule has 1 unspecified atom stereocenters. The van der Waals surface area contributed by atoms with E-state index in [4.69, 9.17) is 4.74 Å². The van der Waals surface area contributed by atoms with Crippen molar-refractivity contribution >= 4 is 28.0 Å². The van der Waals surface area contributed by atoms with Crippen LogP contribution in [0.4, 0.5) is 9.18 Å². The molecular formula is C15H19BrFNO4. The minimum atomic E-state index is -1.91. The molecule has 0 bridgehead atoms. The fourth-order valence-electron chi connectivity index (χ4n) is 1.82. The highest BCUT2D eigenvalue weighted by atomic mass is 79.9. The predicted molar refractivity (Wildman–Crippen MR) is 83.1 cm³/mol. The third-order valence-corrected chi connectivity index (χ3v) is 3.70. The summed E-state index contributed by atoms with van der Waals surface area (Å²) in [5.41, 5.74) is -2.83. The van der Waals surface area contributed by atoms with Crippen molar-refractivity contribution in [3.8, 4) is 0 Å². The van der Waals surface area contributed by atoms with Gasteiger partial charge in [0.1, 0.15) is 11.4 Å². The Hall–Kier alpha value is -1.63. The highest BCUT2D eigenvalue weighted by Gasteiger charge is 2.45. The number of nitrogens with zero attached hydrogens (tertiary/aromatic N) is 1. The zero-order chi connectivity index (χ0) is 17.3. The maximum atomic E-state index is 14.1. The fraction of sp³-hybridized carbons (Fsp3) is 0.467. The summed E-state index contributed by atoms with van der Waals surface area (Å²) in [6, 6.07) is 3.93. The zero-order valence-electron chi connectivity index (χ0n) is 13.1. The van der Waals surface area contributed by atoms with Gasteiger partial charge in [0.05, 0.1) is 0 Å². The lowest BCUT2D eigenvalue weighted by molar-refractivity contribution is -0.150. The maximum Gasteiger partial charge on any atom is 0.411 e. The van der Waals surface area contributed by atoms with Gasteiger partial charge in [-0.25, -0.2) is 14.0 Å². The molecule has 0 spiro atoms. The molecule has 1 N–H and O–H groups in total. The van der Waals surface area contributed by atoms with Gasteiger partial charge < -0.3 is 9.84 Å². The van der Waals surface area contributed by atoms with E-state index in [1.165, 1.54) is 26.1 Å². The van der Waals surface area contributed by atoms with E-state index < -0.39 is 29.0 Å². The van der Waals surface area contributed by atoms with E-state index in [9.17, 15) is 19.1 Å². The molecule has 1 aromatic rings. The first-order valence-corrected chi connectivity index (χ1v) is 7.34. The topological polar surface area (TPSA) is 66.8 Å². The highest BCUT2D eigenvalue weighted by Crippen LogP contribution is 2.32. The molecule has 0 fully saturated rings. The summed E-state index contributed by atoms with van der Waals surface area (Å²) in [5, 5.41) is 9.59. The number of carbonyl (C=O) groups is 2. The second-order valence-electron chi connectivity index (χ2n) is 6.04. The highest BCUT2D eigenvalue weighted by molar-refractivity contribution is 9.10. The van der Waals surface area contributed by atoms with E-state index in [-0.39, 0.29) is 5.56 Å². The van der Waals surface area contributed by atoms with Crippen LogP contribution in [0.15, 0.2) is 22.7 Å². The number of carboxylic acid groups (broad SMARTS) is 1. The molecule has 1 aromatic carbocycles.